The van der Waals surface area contributed by atoms with E-state index in [-0.39, 0.29) is 34.8 Å². The van der Waals surface area contributed by atoms with Crippen LogP contribution >= 0.6 is 27.7 Å². The molecule has 0 saturated heterocycles. The molecule has 0 radical (unpaired) electrons. The smallest absolute Gasteiger partial charge is 0.290 e. The summed E-state index contributed by atoms with van der Waals surface area (Å²) in [5, 5.41) is 0.0190. The van der Waals surface area contributed by atoms with Crippen molar-refractivity contribution in [3.63, 3.8) is 0 Å². The minimum Gasteiger partial charge on any atom is -0.496 e. The lowest BCUT2D eigenvalue weighted by molar-refractivity contribution is 0.0780. The van der Waals surface area contributed by atoms with Gasteiger partial charge in [0.05, 0.1) is 12.7 Å². The molecule has 8 heteroatoms. The number of nitrogens with zero attached hydrogens (tertiary/aromatic N) is 2. The molecular weight excluding hydrogens is 402 g/mol. The molecule has 0 spiro atoms. The van der Waals surface area contributed by atoms with Gasteiger partial charge in [-0.3, -0.25) is 4.79 Å². The van der Waals surface area contributed by atoms with Gasteiger partial charge >= 0.3 is 0 Å². The van der Waals surface area contributed by atoms with Crippen LogP contribution in [0.25, 0.3) is 0 Å². The molecule has 1 aromatic heterocycles. The fourth-order valence-electron chi connectivity index (χ4n) is 2.14. The molecule has 1 heterocycles. The second kappa shape index (κ2) is 8.43. The number of alkyl halides is 2. The first-order valence-electron chi connectivity index (χ1n) is 6.90. The van der Waals surface area contributed by atoms with Gasteiger partial charge in [0, 0.05) is 29.8 Å². The van der Waals surface area contributed by atoms with E-state index in [1.165, 1.54) is 17.2 Å². The highest BCUT2D eigenvalue weighted by Gasteiger charge is 2.20. The van der Waals surface area contributed by atoms with E-state index in [9.17, 15) is 13.6 Å². The Labute approximate surface area is 151 Å². The number of methoxy groups -OCH3 is 1. The Balaban J connectivity index is 2.23. The zero-order valence-electron chi connectivity index (χ0n) is 13.0. The Morgan fingerprint density at radius 1 is 1.42 bits per heavy atom. The van der Waals surface area contributed by atoms with Crippen LogP contribution in [-0.2, 0) is 6.54 Å². The Morgan fingerprint density at radius 2 is 2.17 bits per heavy atom. The number of hydrogen-bond acceptors (Lipinski definition) is 4. The lowest BCUT2D eigenvalue weighted by Crippen LogP contribution is -2.27. The van der Waals surface area contributed by atoms with Gasteiger partial charge in [0.2, 0.25) is 0 Å². The summed E-state index contributed by atoms with van der Waals surface area (Å²) in [6, 6.07) is 8.52. The third kappa shape index (κ3) is 4.67. The number of halogens is 3. The summed E-state index contributed by atoms with van der Waals surface area (Å²) in [6.45, 7) is 0.273. The lowest BCUT2D eigenvalue weighted by atomic mass is 10.1. The molecular formula is C16H15BrF2N2O2S. The van der Waals surface area contributed by atoms with Crippen LogP contribution in [0.2, 0.25) is 0 Å². The van der Waals surface area contributed by atoms with Gasteiger partial charge in [-0.15, -0.1) is 0 Å². The summed E-state index contributed by atoms with van der Waals surface area (Å²) >= 11 is 3.64. The van der Waals surface area contributed by atoms with Crippen LogP contribution in [0, 0.1) is 0 Å². The summed E-state index contributed by atoms with van der Waals surface area (Å²) in [7, 11) is 3.15. The number of aromatic nitrogens is 1. The molecule has 0 unspecified atom stereocenters. The van der Waals surface area contributed by atoms with Crippen molar-refractivity contribution in [2.45, 2.75) is 17.3 Å². The molecule has 4 nitrogen and oxygen atoms in total. The zero-order chi connectivity index (χ0) is 17.7. The SMILES string of the molecule is COc1ccc(Br)cc1CN(C)C(=O)c1cccnc1SC(F)F. The van der Waals surface area contributed by atoms with Crippen molar-refractivity contribution in [1.82, 2.24) is 9.88 Å². The average molecular weight is 417 g/mol. The van der Waals surface area contributed by atoms with E-state index in [1.54, 1.807) is 26.3 Å². The van der Waals surface area contributed by atoms with E-state index in [2.05, 4.69) is 20.9 Å². The summed E-state index contributed by atoms with van der Waals surface area (Å²) in [5.74, 6) is -2.37. The number of carbonyl (C=O) groups is 1. The van der Waals surface area contributed by atoms with Crippen LogP contribution in [0.4, 0.5) is 8.78 Å². The third-order valence-corrected chi connectivity index (χ3v) is 4.42. The normalized spacial score (nSPS) is 10.8. The van der Waals surface area contributed by atoms with E-state index < -0.39 is 5.76 Å². The van der Waals surface area contributed by atoms with Crippen LogP contribution in [0.5, 0.6) is 5.75 Å². The maximum Gasteiger partial charge on any atom is 0.290 e. The highest BCUT2D eigenvalue weighted by molar-refractivity contribution is 9.10. The summed E-state index contributed by atoms with van der Waals surface area (Å²) < 4.78 is 31.4. The second-order valence-corrected chi connectivity index (χ2v) is 6.75. The van der Waals surface area contributed by atoms with Gasteiger partial charge in [-0.2, -0.15) is 8.78 Å². The first-order chi connectivity index (χ1) is 11.4. The fourth-order valence-corrected chi connectivity index (χ4v) is 3.12. The number of benzene rings is 1. The van der Waals surface area contributed by atoms with E-state index in [0.29, 0.717) is 5.75 Å². The maximum absolute atomic E-state index is 12.6. The quantitative estimate of drug-likeness (QED) is 0.652. The lowest BCUT2D eigenvalue weighted by Gasteiger charge is -2.20. The van der Waals surface area contributed by atoms with Crippen molar-refractivity contribution < 1.29 is 18.3 Å². The Bertz CT molecular complexity index is 731. The van der Waals surface area contributed by atoms with Crippen molar-refractivity contribution in [3.05, 3.63) is 52.1 Å². The van der Waals surface area contributed by atoms with Crippen molar-refractivity contribution in [2.24, 2.45) is 0 Å². The number of pyridine rings is 1. The molecule has 128 valence electrons. The topological polar surface area (TPSA) is 42.4 Å². The van der Waals surface area contributed by atoms with Gasteiger partial charge in [0.1, 0.15) is 10.8 Å². The van der Waals surface area contributed by atoms with Gasteiger partial charge < -0.3 is 9.64 Å². The second-order valence-electron chi connectivity index (χ2n) is 4.85. The van der Waals surface area contributed by atoms with Crippen molar-refractivity contribution in [2.75, 3.05) is 14.2 Å². The number of ether oxygens (including phenoxy) is 1. The van der Waals surface area contributed by atoms with E-state index >= 15 is 0 Å². The predicted molar refractivity (Wildman–Crippen MR) is 92.6 cm³/mol. The first-order valence-corrected chi connectivity index (χ1v) is 8.57. The molecule has 0 atom stereocenters. The minimum atomic E-state index is -2.64. The van der Waals surface area contributed by atoms with Crippen LogP contribution in [0.3, 0.4) is 0 Å². The van der Waals surface area contributed by atoms with Gasteiger partial charge in [-0.1, -0.05) is 15.9 Å². The molecule has 0 saturated carbocycles. The zero-order valence-corrected chi connectivity index (χ0v) is 15.4. The number of thioether (sulfide) groups is 1. The molecule has 2 rings (SSSR count). The highest BCUT2D eigenvalue weighted by atomic mass is 79.9. The van der Waals surface area contributed by atoms with Crippen LogP contribution in [0.1, 0.15) is 15.9 Å². The Hall–Kier alpha value is -1.67. The maximum atomic E-state index is 12.6. The molecule has 0 aliphatic heterocycles. The minimum absolute atomic E-state index is 0.0190. The summed E-state index contributed by atoms with van der Waals surface area (Å²) in [6.07, 6.45) is 1.39. The third-order valence-electron chi connectivity index (χ3n) is 3.20. The van der Waals surface area contributed by atoms with E-state index in [1.807, 2.05) is 12.1 Å². The number of amides is 1. The van der Waals surface area contributed by atoms with Gasteiger partial charge in [-0.05, 0) is 42.1 Å². The average Bonchev–Trinajstić information content (AvgIpc) is 2.54. The molecule has 0 bridgehead atoms. The van der Waals surface area contributed by atoms with Gasteiger partial charge in [-0.25, -0.2) is 4.98 Å². The fraction of sp³-hybridized carbons (Fsp3) is 0.250. The van der Waals surface area contributed by atoms with Gasteiger partial charge in [0.25, 0.3) is 11.7 Å². The number of carbonyl (C=O) groups excluding carboxylic acids is 1. The number of hydrogen-bond donors (Lipinski definition) is 0. The summed E-state index contributed by atoms with van der Waals surface area (Å²) in [5.41, 5.74) is 0.953. The molecule has 2 aromatic rings. The monoisotopic (exact) mass is 416 g/mol. The molecule has 0 aliphatic rings. The van der Waals surface area contributed by atoms with E-state index in [0.717, 1.165) is 10.0 Å². The highest BCUT2D eigenvalue weighted by Crippen LogP contribution is 2.28. The Kier molecular flexibility index (Phi) is 6.56. The van der Waals surface area contributed by atoms with Crippen molar-refractivity contribution in [1.29, 1.82) is 0 Å². The van der Waals surface area contributed by atoms with Crippen LogP contribution in [0.15, 0.2) is 46.0 Å². The number of rotatable bonds is 6. The van der Waals surface area contributed by atoms with Crippen LogP contribution < -0.4 is 4.74 Å². The summed E-state index contributed by atoms with van der Waals surface area (Å²) in [4.78, 5) is 17.9. The Morgan fingerprint density at radius 3 is 2.83 bits per heavy atom. The van der Waals surface area contributed by atoms with Crippen LogP contribution in [-0.4, -0.2) is 35.7 Å². The standard InChI is InChI=1S/C16H15BrF2N2O2S/c1-21(9-10-8-11(17)5-6-13(10)23-2)15(22)12-4-3-7-20-14(12)24-16(18)19/h3-8,16H,9H2,1-2H3. The molecule has 0 aliphatic carbocycles. The van der Waals surface area contributed by atoms with Crippen molar-refractivity contribution in [3.8, 4) is 5.75 Å². The van der Waals surface area contributed by atoms with Gasteiger partial charge in [0.15, 0.2) is 0 Å². The first kappa shape index (κ1) is 18.7. The predicted octanol–water partition coefficient (Wildman–Crippen LogP) is 4.44. The molecule has 24 heavy (non-hydrogen) atoms. The molecule has 0 fully saturated rings. The van der Waals surface area contributed by atoms with Crippen molar-refractivity contribution >= 4 is 33.6 Å². The molecule has 1 aromatic carbocycles. The van der Waals surface area contributed by atoms with E-state index in [4.69, 9.17) is 4.74 Å². The largest absolute Gasteiger partial charge is 0.496 e. The molecule has 0 N–H and O–H groups in total. The molecule has 1 amide bonds.